The minimum atomic E-state index is 0.0805. The van der Waals surface area contributed by atoms with Gasteiger partial charge in [-0.25, -0.2) is 9.97 Å². The second-order valence-corrected chi connectivity index (χ2v) is 4.48. The molecule has 1 unspecified atom stereocenters. The Morgan fingerprint density at radius 3 is 2.53 bits per heavy atom. The van der Waals surface area contributed by atoms with Crippen LogP contribution in [0.25, 0.3) is 0 Å². The van der Waals surface area contributed by atoms with E-state index in [2.05, 4.69) is 21.4 Å². The first-order valence-electron chi connectivity index (χ1n) is 6.32. The van der Waals surface area contributed by atoms with Gasteiger partial charge < -0.3 is 10.1 Å². The first kappa shape index (κ1) is 13.5. The van der Waals surface area contributed by atoms with Crippen molar-refractivity contribution in [2.75, 3.05) is 14.2 Å². The number of methoxy groups -OCH3 is 1. The SMILES string of the molecule is CNC(Cc1ccccc1OC)c1ncc(C)cn1. The molecular formula is C15H19N3O. The van der Waals surface area contributed by atoms with Crippen LogP contribution in [0.3, 0.4) is 0 Å². The molecule has 1 aromatic carbocycles. The van der Waals surface area contributed by atoms with E-state index < -0.39 is 0 Å². The highest BCUT2D eigenvalue weighted by Gasteiger charge is 2.15. The predicted octanol–water partition coefficient (Wildman–Crippen LogP) is 2.30. The number of aromatic nitrogens is 2. The van der Waals surface area contributed by atoms with Crippen LogP contribution in [0.2, 0.25) is 0 Å². The van der Waals surface area contributed by atoms with Crippen molar-refractivity contribution in [1.29, 1.82) is 0 Å². The summed E-state index contributed by atoms with van der Waals surface area (Å²) in [6.07, 6.45) is 4.48. The Hall–Kier alpha value is -1.94. The molecule has 2 rings (SSSR count). The number of hydrogen-bond acceptors (Lipinski definition) is 4. The number of aryl methyl sites for hydroxylation is 1. The molecule has 0 saturated carbocycles. The third-order valence-electron chi connectivity index (χ3n) is 3.08. The molecule has 1 heterocycles. The van der Waals surface area contributed by atoms with Crippen LogP contribution in [-0.4, -0.2) is 24.1 Å². The molecule has 1 N–H and O–H groups in total. The fraction of sp³-hybridized carbons (Fsp3) is 0.333. The van der Waals surface area contributed by atoms with Gasteiger partial charge in [0.1, 0.15) is 11.6 Å². The standard InChI is InChI=1S/C15H19N3O/c1-11-9-17-15(18-10-11)13(16-2)8-12-6-4-5-7-14(12)19-3/h4-7,9-10,13,16H,8H2,1-3H3. The number of benzene rings is 1. The second kappa shape index (κ2) is 6.29. The highest BCUT2D eigenvalue weighted by atomic mass is 16.5. The summed E-state index contributed by atoms with van der Waals surface area (Å²) in [6, 6.07) is 8.10. The zero-order chi connectivity index (χ0) is 13.7. The number of likely N-dealkylation sites (N-methyl/N-ethyl adjacent to an activating group) is 1. The minimum absolute atomic E-state index is 0.0805. The number of para-hydroxylation sites is 1. The Kier molecular flexibility index (Phi) is 4.47. The molecule has 0 bridgehead atoms. The van der Waals surface area contributed by atoms with Crippen molar-refractivity contribution in [2.45, 2.75) is 19.4 Å². The summed E-state index contributed by atoms with van der Waals surface area (Å²) in [4.78, 5) is 8.77. The molecule has 0 aliphatic carbocycles. The van der Waals surface area contributed by atoms with Gasteiger partial charge >= 0.3 is 0 Å². The van der Waals surface area contributed by atoms with E-state index in [-0.39, 0.29) is 6.04 Å². The summed E-state index contributed by atoms with van der Waals surface area (Å²) in [7, 11) is 3.61. The van der Waals surface area contributed by atoms with Crippen molar-refractivity contribution in [2.24, 2.45) is 0 Å². The van der Waals surface area contributed by atoms with E-state index in [1.165, 1.54) is 0 Å². The zero-order valence-corrected chi connectivity index (χ0v) is 11.6. The summed E-state index contributed by atoms with van der Waals surface area (Å²) in [6.45, 7) is 1.98. The van der Waals surface area contributed by atoms with Crippen molar-refractivity contribution < 1.29 is 4.74 Å². The second-order valence-electron chi connectivity index (χ2n) is 4.48. The van der Waals surface area contributed by atoms with Gasteiger partial charge in [-0.3, -0.25) is 0 Å². The van der Waals surface area contributed by atoms with Gasteiger partial charge in [0.2, 0.25) is 0 Å². The van der Waals surface area contributed by atoms with Gasteiger partial charge in [-0.05, 0) is 37.6 Å². The summed E-state index contributed by atoms with van der Waals surface area (Å²) in [5.41, 5.74) is 2.21. The molecule has 0 spiro atoms. The normalized spacial score (nSPS) is 12.2. The highest BCUT2D eigenvalue weighted by molar-refractivity contribution is 5.34. The molecule has 1 aromatic heterocycles. The third-order valence-corrected chi connectivity index (χ3v) is 3.08. The molecule has 0 saturated heterocycles. The average molecular weight is 257 g/mol. The van der Waals surface area contributed by atoms with E-state index >= 15 is 0 Å². The van der Waals surface area contributed by atoms with Crippen LogP contribution in [0.1, 0.15) is 23.0 Å². The smallest absolute Gasteiger partial charge is 0.145 e. The van der Waals surface area contributed by atoms with E-state index in [4.69, 9.17) is 4.74 Å². The molecule has 0 aliphatic heterocycles. The van der Waals surface area contributed by atoms with Gasteiger partial charge in [0.05, 0.1) is 13.2 Å². The molecule has 19 heavy (non-hydrogen) atoms. The number of nitrogens with one attached hydrogen (secondary N) is 1. The third kappa shape index (κ3) is 3.29. The van der Waals surface area contributed by atoms with Gasteiger partial charge in [0.25, 0.3) is 0 Å². The fourth-order valence-electron chi connectivity index (χ4n) is 2.00. The van der Waals surface area contributed by atoms with Crippen molar-refractivity contribution >= 4 is 0 Å². The maximum atomic E-state index is 5.38. The lowest BCUT2D eigenvalue weighted by Gasteiger charge is -2.16. The maximum Gasteiger partial charge on any atom is 0.145 e. The lowest BCUT2D eigenvalue weighted by Crippen LogP contribution is -2.21. The predicted molar refractivity (Wildman–Crippen MR) is 75.3 cm³/mol. The largest absolute Gasteiger partial charge is 0.496 e. The number of nitrogens with zero attached hydrogens (tertiary/aromatic N) is 2. The van der Waals surface area contributed by atoms with Gasteiger partial charge in [-0.2, -0.15) is 0 Å². The first-order valence-corrected chi connectivity index (χ1v) is 6.32. The number of hydrogen-bond donors (Lipinski definition) is 1. The fourth-order valence-corrected chi connectivity index (χ4v) is 2.00. The molecule has 0 amide bonds. The Bertz CT molecular complexity index is 525. The lowest BCUT2D eigenvalue weighted by atomic mass is 10.0. The van der Waals surface area contributed by atoms with Crippen LogP contribution >= 0.6 is 0 Å². The molecule has 2 aromatic rings. The Balaban J connectivity index is 2.21. The van der Waals surface area contributed by atoms with Crippen LogP contribution in [-0.2, 0) is 6.42 Å². The minimum Gasteiger partial charge on any atom is -0.496 e. The molecular weight excluding hydrogens is 238 g/mol. The topological polar surface area (TPSA) is 47.0 Å². The molecule has 4 nitrogen and oxygen atoms in total. The van der Waals surface area contributed by atoms with Gasteiger partial charge in [0.15, 0.2) is 0 Å². The molecule has 100 valence electrons. The summed E-state index contributed by atoms with van der Waals surface area (Å²) in [5, 5.41) is 3.26. The summed E-state index contributed by atoms with van der Waals surface area (Å²) in [5.74, 6) is 1.70. The van der Waals surface area contributed by atoms with E-state index in [9.17, 15) is 0 Å². The van der Waals surface area contributed by atoms with Gasteiger partial charge in [-0.15, -0.1) is 0 Å². The van der Waals surface area contributed by atoms with Crippen molar-refractivity contribution in [3.05, 3.63) is 53.6 Å². The van der Waals surface area contributed by atoms with E-state index in [1.54, 1.807) is 7.11 Å². The van der Waals surface area contributed by atoms with Crippen LogP contribution in [0.5, 0.6) is 5.75 Å². The van der Waals surface area contributed by atoms with Crippen molar-refractivity contribution in [3.8, 4) is 5.75 Å². The van der Waals surface area contributed by atoms with E-state index in [1.807, 2.05) is 44.6 Å². The lowest BCUT2D eigenvalue weighted by molar-refractivity contribution is 0.405. The Labute approximate surface area is 113 Å². The Morgan fingerprint density at radius 2 is 1.89 bits per heavy atom. The van der Waals surface area contributed by atoms with Gasteiger partial charge in [0, 0.05) is 12.4 Å². The summed E-state index contributed by atoms with van der Waals surface area (Å²) < 4.78 is 5.38. The average Bonchev–Trinajstić information content (AvgIpc) is 2.46. The quantitative estimate of drug-likeness (QED) is 0.892. The Morgan fingerprint density at radius 1 is 1.21 bits per heavy atom. The van der Waals surface area contributed by atoms with Crippen LogP contribution in [0.4, 0.5) is 0 Å². The van der Waals surface area contributed by atoms with Crippen LogP contribution in [0, 0.1) is 6.92 Å². The maximum absolute atomic E-state index is 5.38. The number of ether oxygens (including phenoxy) is 1. The first-order chi connectivity index (χ1) is 9.24. The molecule has 0 aliphatic rings. The monoisotopic (exact) mass is 257 g/mol. The van der Waals surface area contributed by atoms with E-state index in [0.29, 0.717) is 0 Å². The molecule has 0 fully saturated rings. The van der Waals surface area contributed by atoms with Crippen molar-refractivity contribution in [1.82, 2.24) is 15.3 Å². The highest BCUT2D eigenvalue weighted by Crippen LogP contribution is 2.23. The zero-order valence-electron chi connectivity index (χ0n) is 11.6. The number of rotatable bonds is 5. The van der Waals surface area contributed by atoms with Crippen LogP contribution in [0.15, 0.2) is 36.7 Å². The molecule has 4 heteroatoms. The van der Waals surface area contributed by atoms with Crippen molar-refractivity contribution in [3.63, 3.8) is 0 Å². The van der Waals surface area contributed by atoms with E-state index in [0.717, 1.165) is 29.1 Å². The van der Waals surface area contributed by atoms with Gasteiger partial charge in [-0.1, -0.05) is 18.2 Å². The van der Waals surface area contributed by atoms with Crippen LogP contribution < -0.4 is 10.1 Å². The molecule has 0 radical (unpaired) electrons. The molecule has 1 atom stereocenters. The summed E-state index contributed by atoms with van der Waals surface area (Å²) >= 11 is 0.